The Morgan fingerprint density at radius 1 is 1.19 bits per heavy atom. The van der Waals surface area contributed by atoms with Gasteiger partial charge < -0.3 is 19.9 Å². The Kier molecular flexibility index (Phi) is 5.88. The fourth-order valence-electron chi connectivity index (χ4n) is 3.02. The molecule has 26 heavy (non-hydrogen) atoms. The van der Waals surface area contributed by atoms with Crippen LogP contribution in [-0.4, -0.2) is 61.1 Å². The molecule has 1 N–H and O–H groups in total. The quantitative estimate of drug-likeness (QED) is 0.763. The van der Waals surface area contributed by atoms with Crippen molar-refractivity contribution in [1.82, 2.24) is 14.9 Å². The highest BCUT2D eigenvalue weighted by Gasteiger charge is 2.17. The minimum atomic E-state index is 0.727. The Balaban J connectivity index is 1.59. The molecule has 1 aliphatic rings. The van der Waals surface area contributed by atoms with Gasteiger partial charge in [-0.1, -0.05) is 12.1 Å². The number of anilines is 2. The summed E-state index contributed by atoms with van der Waals surface area (Å²) in [5, 5.41) is 3.39. The molecule has 1 fully saturated rings. The molecule has 1 aromatic heterocycles. The standard InChI is InChI=1S/C19H25N5O2/c1-15-21-18(20-7-6-16-4-3-5-17(12-16)26-2)13-19(22-15)24-10-8-23(14-25)9-11-24/h3-5,12-14H,6-11H2,1-2H3,(H,20,21,22). The summed E-state index contributed by atoms with van der Waals surface area (Å²) in [6.45, 7) is 5.72. The molecule has 1 amide bonds. The van der Waals surface area contributed by atoms with Crippen molar-refractivity contribution in [2.45, 2.75) is 13.3 Å². The molecule has 2 heterocycles. The van der Waals surface area contributed by atoms with Crippen LogP contribution in [0.3, 0.4) is 0 Å². The lowest BCUT2D eigenvalue weighted by Crippen LogP contribution is -2.46. The van der Waals surface area contributed by atoms with Crippen LogP contribution in [-0.2, 0) is 11.2 Å². The number of aromatic nitrogens is 2. The fourth-order valence-corrected chi connectivity index (χ4v) is 3.02. The van der Waals surface area contributed by atoms with Gasteiger partial charge in [-0.15, -0.1) is 0 Å². The second kappa shape index (κ2) is 8.51. The molecule has 0 aliphatic carbocycles. The number of piperazine rings is 1. The Labute approximate surface area is 154 Å². The van der Waals surface area contributed by atoms with Crippen molar-refractivity contribution >= 4 is 18.0 Å². The zero-order valence-electron chi connectivity index (χ0n) is 15.3. The van der Waals surface area contributed by atoms with Gasteiger partial charge in [-0.05, 0) is 31.0 Å². The number of carbonyl (C=O) groups is 1. The first-order chi connectivity index (χ1) is 12.7. The number of benzene rings is 1. The molecular weight excluding hydrogens is 330 g/mol. The molecule has 0 spiro atoms. The van der Waals surface area contributed by atoms with Gasteiger partial charge in [-0.2, -0.15) is 0 Å². The number of nitrogens with zero attached hydrogens (tertiary/aromatic N) is 4. The van der Waals surface area contributed by atoms with Crippen molar-refractivity contribution < 1.29 is 9.53 Å². The average molecular weight is 355 g/mol. The number of amides is 1. The SMILES string of the molecule is COc1cccc(CCNc2cc(N3CCN(C=O)CC3)nc(C)n2)c1. The van der Waals surface area contributed by atoms with Crippen LogP contribution < -0.4 is 15.0 Å². The molecule has 0 saturated carbocycles. The number of rotatable bonds is 7. The van der Waals surface area contributed by atoms with E-state index < -0.39 is 0 Å². The van der Waals surface area contributed by atoms with Gasteiger partial charge >= 0.3 is 0 Å². The van der Waals surface area contributed by atoms with Crippen LogP contribution in [0.4, 0.5) is 11.6 Å². The first-order valence-electron chi connectivity index (χ1n) is 8.85. The lowest BCUT2D eigenvalue weighted by molar-refractivity contribution is -0.118. The van der Waals surface area contributed by atoms with Gasteiger partial charge in [0.25, 0.3) is 0 Å². The zero-order valence-corrected chi connectivity index (χ0v) is 15.3. The molecule has 3 rings (SSSR count). The van der Waals surface area contributed by atoms with Crippen LogP contribution >= 0.6 is 0 Å². The van der Waals surface area contributed by atoms with Gasteiger partial charge in [0, 0.05) is 38.8 Å². The number of carbonyl (C=O) groups excluding carboxylic acids is 1. The summed E-state index contributed by atoms with van der Waals surface area (Å²) in [5.41, 5.74) is 1.22. The zero-order chi connectivity index (χ0) is 18.4. The van der Waals surface area contributed by atoms with Gasteiger partial charge in [0.2, 0.25) is 6.41 Å². The molecule has 0 radical (unpaired) electrons. The summed E-state index contributed by atoms with van der Waals surface area (Å²) in [6.07, 6.45) is 1.79. The van der Waals surface area contributed by atoms with Gasteiger partial charge in [0.15, 0.2) is 0 Å². The maximum Gasteiger partial charge on any atom is 0.209 e. The average Bonchev–Trinajstić information content (AvgIpc) is 2.68. The van der Waals surface area contributed by atoms with Crippen molar-refractivity contribution in [3.63, 3.8) is 0 Å². The third kappa shape index (κ3) is 4.62. The third-order valence-electron chi connectivity index (χ3n) is 4.47. The molecular formula is C19H25N5O2. The summed E-state index contributed by atoms with van der Waals surface area (Å²) in [4.78, 5) is 23.9. The lowest BCUT2D eigenvalue weighted by Gasteiger charge is -2.33. The summed E-state index contributed by atoms with van der Waals surface area (Å²) in [5.74, 6) is 3.35. The first-order valence-corrected chi connectivity index (χ1v) is 8.85. The van der Waals surface area contributed by atoms with E-state index >= 15 is 0 Å². The summed E-state index contributed by atoms with van der Waals surface area (Å²) in [6, 6.07) is 10.1. The maximum atomic E-state index is 10.9. The second-order valence-corrected chi connectivity index (χ2v) is 6.32. The van der Waals surface area contributed by atoms with Crippen molar-refractivity contribution in [1.29, 1.82) is 0 Å². The Morgan fingerprint density at radius 2 is 2.00 bits per heavy atom. The van der Waals surface area contributed by atoms with E-state index in [4.69, 9.17) is 4.74 Å². The molecule has 0 unspecified atom stereocenters. The minimum Gasteiger partial charge on any atom is -0.497 e. The monoisotopic (exact) mass is 355 g/mol. The summed E-state index contributed by atoms with van der Waals surface area (Å²) < 4.78 is 5.26. The molecule has 2 aromatic rings. The largest absolute Gasteiger partial charge is 0.497 e. The van der Waals surface area contributed by atoms with Crippen LogP contribution in [0.1, 0.15) is 11.4 Å². The number of ether oxygens (including phenoxy) is 1. The van der Waals surface area contributed by atoms with Gasteiger partial charge in [-0.3, -0.25) is 4.79 Å². The first kappa shape index (κ1) is 18.0. The number of hydrogen-bond acceptors (Lipinski definition) is 6. The number of hydrogen-bond donors (Lipinski definition) is 1. The second-order valence-electron chi connectivity index (χ2n) is 6.32. The normalized spacial score (nSPS) is 14.2. The third-order valence-corrected chi connectivity index (χ3v) is 4.47. The molecule has 0 bridgehead atoms. The number of nitrogens with one attached hydrogen (secondary N) is 1. The van der Waals surface area contributed by atoms with Gasteiger partial charge in [0.05, 0.1) is 7.11 Å². The molecule has 7 heteroatoms. The van der Waals surface area contributed by atoms with Crippen LogP contribution in [0.15, 0.2) is 30.3 Å². The van der Waals surface area contributed by atoms with E-state index in [2.05, 4.69) is 26.3 Å². The lowest BCUT2D eigenvalue weighted by atomic mass is 10.1. The van der Waals surface area contributed by atoms with Crippen LogP contribution in [0.2, 0.25) is 0 Å². The molecule has 1 saturated heterocycles. The van der Waals surface area contributed by atoms with Crippen molar-refractivity contribution in [2.75, 3.05) is 50.1 Å². The van der Waals surface area contributed by atoms with E-state index in [1.54, 1.807) is 12.0 Å². The number of aryl methyl sites for hydroxylation is 1. The predicted octanol–water partition coefficient (Wildman–Crippen LogP) is 1.73. The fraction of sp³-hybridized carbons (Fsp3) is 0.421. The van der Waals surface area contributed by atoms with Crippen molar-refractivity contribution in [3.05, 3.63) is 41.7 Å². The van der Waals surface area contributed by atoms with E-state index in [0.29, 0.717) is 0 Å². The molecule has 1 aromatic carbocycles. The molecule has 138 valence electrons. The van der Waals surface area contributed by atoms with Crippen molar-refractivity contribution in [3.8, 4) is 5.75 Å². The summed E-state index contributed by atoms with van der Waals surface area (Å²) in [7, 11) is 1.68. The van der Waals surface area contributed by atoms with E-state index in [0.717, 1.165) is 68.8 Å². The molecule has 7 nitrogen and oxygen atoms in total. The Bertz CT molecular complexity index is 744. The Morgan fingerprint density at radius 3 is 2.73 bits per heavy atom. The predicted molar refractivity (Wildman–Crippen MR) is 102 cm³/mol. The smallest absolute Gasteiger partial charge is 0.209 e. The van der Waals surface area contributed by atoms with E-state index in [9.17, 15) is 4.79 Å². The van der Waals surface area contributed by atoms with Crippen molar-refractivity contribution in [2.24, 2.45) is 0 Å². The van der Waals surface area contributed by atoms with Gasteiger partial charge in [-0.25, -0.2) is 9.97 Å². The maximum absolute atomic E-state index is 10.9. The van der Waals surface area contributed by atoms with Crippen LogP contribution in [0.5, 0.6) is 5.75 Å². The summed E-state index contributed by atoms with van der Waals surface area (Å²) >= 11 is 0. The minimum absolute atomic E-state index is 0.727. The van der Waals surface area contributed by atoms with Crippen LogP contribution in [0.25, 0.3) is 0 Å². The highest BCUT2D eigenvalue weighted by molar-refractivity contribution is 5.52. The van der Waals surface area contributed by atoms with E-state index in [1.165, 1.54) is 5.56 Å². The topological polar surface area (TPSA) is 70.6 Å². The molecule has 1 aliphatic heterocycles. The van der Waals surface area contributed by atoms with E-state index in [-0.39, 0.29) is 0 Å². The van der Waals surface area contributed by atoms with Gasteiger partial charge in [0.1, 0.15) is 23.2 Å². The van der Waals surface area contributed by atoms with E-state index in [1.807, 2.05) is 31.2 Å². The van der Waals surface area contributed by atoms with Crippen LogP contribution in [0, 0.1) is 6.92 Å². The number of methoxy groups -OCH3 is 1. The highest BCUT2D eigenvalue weighted by atomic mass is 16.5. The Hall–Kier alpha value is -2.83. The molecule has 0 atom stereocenters. The highest BCUT2D eigenvalue weighted by Crippen LogP contribution is 2.18.